The fraction of sp³-hybridized carbons (Fsp3) is 0.167. The van der Waals surface area contributed by atoms with Gasteiger partial charge in [0.05, 0.1) is 11.3 Å². The minimum Gasteiger partial charge on any atom is -0.411 e. The Kier molecular flexibility index (Phi) is 5.96. The molecular weight excluding hydrogens is 360 g/mol. The van der Waals surface area contributed by atoms with E-state index in [1.165, 1.54) is 18.2 Å². The van der Waals surface area contributed by atoms with E-state index in [9.17, 15) is 13.6 Å². The number of hydrogen-bond donors (Lipinski definition) is 1. The van der Waals surface area contributed by atoms with E-state index in [0.717, 1.165) is 17.3 Å². The lowest BCUT2D eigenvalue weighted by Gasteiger charge is -2.04. The van der Waals surface area contributed by atoms with Crippen molar-refractivity contribution in [3.63, 3.8) is 0 Å². The van der Waals surface area contributed by atoms with Crippen LogP contribution in [0.1, 0.15) is 5.56 Å². The molecule has 1 amide bonds. The first-order chi connectivity index (χ1) is 12.6. The number of amides is 1. The van der Waals surface area contributed by atoms with Gasteiger partial charge in [-0.25, -0.2) is 8.78 Å². The molecule has 1 heterocycles. The molecule has 2 aromatic carbocycles. The van der Waals surface area contributed by atoms with E-state index >= 15 is 0 Å². The van der Waals surface area contributed by atoms with E-state index in [2.05, 4.69) is 15.5 Å². The molecule has 1 N–H and O–H groups in total. The molecule has 0 saturated heterocycles. The number of benzene rings is 2. The van der Waals surface area contributed by atoms with E-state index in [0.29, 0.717) is 13.0 Å². The Bertz CT molecular complexity index is 884. The van der Waals surface area contributed by atoms with Gasteiger partial charge in [-0.1, -0.05) is 36.0 Å². The second kappa shape index (κ2) is 8.57. The highest BCUT2D eigenvalue weighted by Crippen LogP contribution is 2.24. The monoisotopic (exact) mass is 375 g/mol. The van der Waals surface area contributed by atoms with Gasteiger partial charge in [0.15, 0.2) is 0 Å². The molecule has 0 aliphatic rings. The zero-order valence-corrected chi connectivity index (χ0v) is 14.4. The Morgan fingerprint density at radius 3 is 2.62 bits per heavy atom. The van der Waals surface area contributed by atoms with Crippen molar-refractivity contribution in [2.45, 2.75) is 11.6 Å². The van der Waals surface area contributed by atoms with E-state index < -0.39 is 5.82 Å². The van der Waals surface area contributed by atoms with Gasteiger partial charge in [-0.05, 0) is 36.2 Å². The highest BCUT2D eigenvalue weighted by molar-refractivity contribution is 7.99. The highest BCUT2D eigenvalue weighted by atomic mass is 32.2. The van der Waals surface area contributed by atoms with Crippen LogP contribution in [0, 0.1) is 11.6 Å². The van der Waals surface area contributed by atoms with Crippen molar-refractivity contribution in [3.8, 4) is 11.5 Å². The molecule has 3 aromatic rings. The van der Waals surface area contributed by atoms with E-state index in [-0.39, 0.29) is 34.2 Å². The number of aromatic nitrogens is 2. The van der Waals surface area contributed by atoms with E-state index in [1.54, 1.807) is 30.3 Å². The van der Waals surface area contributed by atoms with Crippen molar-refractivity contribution >= 4 is 17.7 Å². The van der Waals surface area contributed by atoms with E-state index in [1.807, 2.05) is 0 Å². The molecule has 26 heavy (non-hydrogen) atoms. The van der Waals surface area contributed by atoms with Crippen LogP contribution < -0.4 is 5.32 Å². The number of halogens is 2. The Hall–Kier alpha value is -2.74. The fourth-order valence-electron chi connectivity index (χ4n) is 2.19. The maximum Gasteiger partial charge on any atom is 0.277 e. The van der Waals surface area contributed by atoms with Crippen LogP contribution in [0.4, 0.5) is 8.78 Å². The van der Waals surface area contributed by atoms with Crippen LogP contribution in [-0.4, -0.2) is 28.4 Å². The van der Waals surface area contributed by atoms with Gasteiger partial charge in [0.2, 0.25) is 5.91 Å². The topological polar surface area (TPSA) is 68.0 Å². The summed E-state index contributed by atoms with van der Waals surface area (Å²) in [6, 6.07) is 12.2. The SMILES string of the molecule is O=C(CSc1nnc(-c2ccccc2F)o1)NCCc1ccc(F)cc1. The molecule has 0 radical (unpaired) electrons. The predicted octanol–water partition coefficient (Wildman–Crippen LogP) is 3.47. The Balaban J connectivity index is 1.45. The van der Waals surface area contributed by atoms with Gasteiger partial charge in [0.25, 0.3) is 11.1 Å². The van der Waals surface area contributed by atoms with Crippen LogP contribution in [0.15, 0.2) is 58.2 Å². The molecule has 3 rings (SSSR count). The lowest BCUT2D eigenvalue weighted by atomic mass is 10.1. The Labute approximate surface area is 152 Å². The third-order valence-electron chi connectivity index (χ3n) is 3.49. The van der Waals surface area contributed by atoms with Crippen LogP contribution in [0.5, 0.6) is 0 Å². The van der Waals surface area contributed by atoms with Crippen molar-refractivity contribution in [1.82, 2.24) is 15.5 Å². The molecule has 0 saturated carbocycles. The average Bonchev–Trinajstić information content (AvgIpc) is 3.11. The first-order valence-electron chi connectivity index (χ1n) is 7.84. The molecule has 0 aliphatic heterocycles. The van der Waals surface area contributed by atoms with Crippen LogP contribution in [0.2, 0.25) is 0 Å². The molecule has 5 nitrogen and oxygen atoms in total. The maximum absolute atomic E-state index is 13.7. The minimum absolute atomic E-state index is 0.0716. The number of rotatable bonds is 7. The predicted molar refractivity (Wildman–Crippen MR) is 93.5 cm³/mol. The summed E-state index contributed by atoms with van der Waals surface area (Å²) in [6.45, 7) is 0.440. The third-order valence-corrected chi connectivity index (χ3v) is 4.31. The summed E-state index contributed by atoms with van der Waals surface area (Å²) in [5.74, 6) is -0.762. The number of carbonyl (C=O) groups is 1. The van der Waals surface area contributed by atoms with Gasteiger partial charge >= 0.3 is 0 Å². The zero-order valence-electron chi connectivity index (χ0n) is 13.6. The summed E-state index contributed by atoms with van der Waals surface area (Å²) >= 11 is 1.07. The number of nitrogens with zero attached hydrogens (tertiary/aromatic N) is 2. The Morgan fingerprint density at radius 1 is 1.08 bits per heavy atom. The van der Waals surface area contributed by atoms with Gasteiger partial charge in [0, 0.05) is 6.54 Å². The molecule has 0 bridgehead atoms. The molecule has 0 unspecified atom stereocenters. The first-order valence-corrected chi connectivity index (χ1v) is 8.83. The second-order valence-corrected chi connectivity index (χ2v) is 6.29. The molecular formula is C18H15F2N3O2S. The van der Waals surface area contributed by atoms with E-state index in [4.69, 9.17) is 4.42 Å². The highest BCUT2D eigenvalue weighted by Gasteiger charge is 2.13. The van der Waals surface area contributed by atoms with Crippen molar-refractivity contribution in [2.24, 2.45) is 0 Å². The first kappa shape index (κ1) is 18.1. The fourth-order valence-corrected chi connectivity index (χ4v) is 2.78. The second-order valence-electron chi connectivity index (χ2n) is 5.37. The quantitative estimate of drug-likeness (QED) is 0.641. The normalized spacial score (nSPS) is 10.7. The van der Waals surface area contributed by atoms with Gasteiger partial charge < -0.3 is 9.73 Å². The van der Waals surface area contributed by atoms with Gasteiger partial charge in [-0.2, -0.15) is 0 Å². The minimum atomic E-state index is -0.453. The molecule has 0 spiro atoms. The van der Waals surface area contributed by atoms with Gasteiger partial charge in [-0.3, -0.25) is 4.79 Å². The molecule has 0 fully saturated rings. The molecule has 0 atom stereocenters. The number of hydrogen-bond acceptors (Lipinski definition) is 5. The molecule has 8 heteroatoms. The van der Waals surface area contributed by atoms with Gasteiger partial charge in [0.1, 0.15) is 11.6 Å². The van der Waals surface area contributed by atoms with Crippen LogP contribution in [0.25, 0.3) is 11.5 Å². The number of thioether (sulfide) groups is 1. The third kappa shape index (κ3) is 4.89. The largest absolute Gasteiger partial charge is 0.411 e. The lowest BCUT2D eigenvalue weighted by molar-refractivity contribution is -0.118. The van der Waals surface area contributed by atoms with Crippen LogP contribution in [0.3, 0.4) is 0 Å². The smallest absolute Gasteiger partial charge is 0.277 e. The van der Waals surface area contributed by atoms with Crippen molar-refractivity contribution in [2.75, 3.05) is 12.3 Å². The summed E-state index contributed by atoms with van der Waals surface area (Å²) in [7, 11) is 0. The average molecular weight is 375 g/mol. The van der Waals surface area contributed by atoms with Crippen molar-refractivity contribution in [1.29, 1.82) is 0 Å². The maximum atomic E-state index is 13.7. The summed E-state index contributed by atoms with van der Waals surface area (Å²) in [6.07, 6.45) is 0.606. The lowest BCUT2D eigenvalue weighted by Crippen LogP contribution is -2.27. The van der Waals surface area contributed by atoms with Gasteiger partial charge in [-0.15, -0.1) is 10.2 Å². The zero-order chi connectivity index (χ0) is 18.4. The summed E-state index contributed by atoms with van der Waals surface area (Å²) in [4.78, 5) is 11.8. The number of nitrogens with one attached hydrogen (secondary N) is 1. The van der Waals surface area contributed by atoms with Crippen LogP contribution >= 0.6 is 11.8 Å². The molecule has 1 aromatic heterocycles. The molecule has 134 valence electrons. The van der Waals surface area contributed by atoms with Crippen molar-refractivity contribution in [3.05, 3.63) is 65.7 Å². The standard InChI is InChI=1S/C18H15F2N3O2S/c19-13-7-5-12(6-8-13)9-10-21-16(24)11-26-18-23-22-17(25-18)14-3-1-2-4-15(14)20/h1-8H,9-11H2,(H,21,24). The summed E-state index contributed by atoms with van der Waals surface area (Å²) < 4.78 is 31.9. The summed E-state index contributed by atoms with van der Waals surface area (Å²) in [5, 5.41) is 10.6. The Morgan fingerprint density at radius 2 is 1.85 bits per heavy atom. The molecule has 0 aliphatic carbocycles. The van der Waals surface area contributed by atoms with Crippen molar-refractivity contribution < 1.29 is 18.0 Å². The number of carbonyl (C=O) groups excluding carboxylic acids is 1. The summed E-state index contributed by atoms with van der Waals surface area (Å²) in [5.41, 5.74) is 1.15. The van der Waals surface area contributed by atoms with Crippen LogP contribution in [-0.2, 0) is 11.2 Å².